The smallest absolute Gasteiger partial charge is 0.138 e. The van der Waals surface area contributed by atoms with E-state index in [9.17, 15) is 0 Å². The lowest BCUT2D eigenvalue weighted by atomic mass is 9.80. The first-order chi connectivity index (χ1) is 9.28. The van der Waals surface area contributed by atoms with E-state index in [-0.39, 0.29) is 0 Å². The number of rotatable bonds is 2. The molecule has 0 saturated heterocycles. The summed E-state index contributed by atoms with van der Waals surface area (Å²) in [5.41, 5.74) is 2.11. The van der Waals surface area contributed by atoms with Gasteiger partial charge in [0.2, 0.25) is 0 Å². The van der Waals surface area contributed by atoms with Crippen LogP contribution < -0.4 is 0 Å². The Bertz CT molecular complexity index is 464. The highest BCUT2D eigenvalue weighted by Gasteiger charge is 2.26. The Labute approximate surface area is 119 Å². The van der Waals surface area contributed by atoms with Crippen LogP contribution in [0.5, 0.6) is 0 Å². The Morgan fingerprint density at radius 2 is 2.21 bits per heavy atom. The quantitative estimate of drug-likeness (QED) is 0.771. The molecule has 4 heteroatoms. The minimum Gasteiger partial charge on any atom is -0.376 e. The molecule has 1 aromatic rings. The zero-order valence-corrected chi connectivity index (χ0v) is 12.2. The third-order valence-electron chi connectivity index (χ3n) is 4.51. The lowest BCUT2D eigenvalue weighted by Gasteiger charge is -2.28. The van der Waals surface area contributed by atoms with Crippen molar-refractivity contribution in [3.05, 3.63) is 22.2 Å². The maximum absolute atomic E-state index is 6.31. The topological polar surface area (TPSA) is 35.0 Å². The van der Waals surface area contributed by atoms with Crippen LogP contribution in [0.4, 0.5) is 0 Å². The van der Waals surface area contributed by atoms with Crippen LogP contribution in [0.25, 0.3) is 0 Å². The molecule has 0 radical (unpaired) electrons. The van der Waals surface area contributed by atoms with Crippen molar-refractivity contribution in [2.24, 2.45) is 5.92 Å². The Hall–Kier alpha value is -0.670. The van der Waals surface area contributed by atoms with Crippen molar-refractivity contribution in [1.82, 2.24) is 9.97 Å². The molecule has 0 bridgehead atoms. The molecule has 1 aliphatic carbocycles. The van der Waals surface area contributed by atoms with Crippen molar-refractivity contribution >= 4 is 11.6 Å². The number of ether oxygens (including phenoxy) is 1. The van der Waals surface area contributed by atoms with Gasteiger partial charge in [0.25, 0.3) is 0 Å². The third kappa shape index (κ3) is 2.77. The summed E-state index contributed by atoms with van der Waals surface area (Å²) in [4.78, 5) is 9.34. The predicted molar refractivity (Wildman–Crippen MR) is 75.4 cm³/mol. The van der Waals surface area contributed by atoms with Gasteiger partial charge in [-0.15, -0.1) is 0 Å². The van der Waals surface area contributed by atoms with E-state index in [4.69, 9.17) is 21.3 Å². The van der Waals surface area contributed by atoms with Crippen molar-refractivity contribution in [1.29, 1.82) is 0 Å². The van der Waals surface area contributed by atoms with Crippen molar-refractivity contribution in [3.63, 3.8) is 0 Å². The van der Waals surface area contributed by atoms with Crippen LogP contribution in [0.15, 0.2) is 0 Å². The second-order valence-electron chi connectivity index (χ2n) is 5.74. The molecule has 0 spiro atoms. The van der Waals surface area contributed by atoms with Gasteiger partial charge < -0.3 is 4.74 Å². The molecule has 19 heavy (non-hydrogen) atoms. The first-order valence-electron chi connectivity index (χ1n) is 7.40. The molecule has 1 fully saturated rings. The molecule has 2 heterocycles. The molecule has 1 saturated carbocycles. The lowest BCUT2D eigenvalue weighted by molar-refractivity contribution is 0.108. The highest BCUT2D eigenvalue weighted by molar-refractivity contribution is 6.30. The zero-order chi connectivity index (χ0) is 13.2. The number of aromatic nitrogens is 2. The SMILES string of the molecule is CCC1CCCC(c2nc(Cl)c3c(n2)CCOC3)C1. The van der Waals surface area contributed by atoms with Crippen LogP contribution >= 0.6 is 11.6 Å². The fourth-order valence-electron chi connectivity index (χ4n) is 3.29. The van der Waals surface area contributed by atoms with Crippen LogP contribution in [-0.4, -0.2) is 16.6 Å². The normalized spacial score (nSPS) is 27.1. The van der Waals surface area contributed by atoms with Crippen LogP contribution in [0.1, 0.15) is 62.0 Å². The predicted octanol–water partition coefficient (Wildman–Crippen LogP) is 3.89. The van der Waals surface area contributed by atoms with Gasteiger partial charge in [0, 0.05) is 17.9 Å². The molecular weight excluding hydrogens is 260 g/mol. The van der Waals surface area contributed by atoms with Crippen molar-refractivity contribution in [2.75, 3.05) is 6.61 Å². The maximum atomic E-state index is 6.31. The third-order valence-corrected chi connectivity index (χ3v) is 4.83. The number of halogens is 1. The minimum absolute atomic E-state index is 0.504. The Morgan fingerprint density at radius 3 is 3.05 bits per heavy atom. The number of fused-ring (bicyclic) bond motifs is 1. The monoisotopic (exact) mass is 280 g/mol. The minimum atomic E-state index is 0.504. The van der Waals surface area contributed by atoms with E-state index in [1.54, 1.807) is 0 Å². The van der Waals surface area contributed by atoms with Gasteiger partial charge in [0.15, 0.2) is 0 Å². The van der Waals surface area contributed by atoms with Gasteiger partial charge >= 0.3 is 0 Å². The number of hydrogen-bond acceptors (Lipinski definition) is 3. The fourth-order valence-corrected chi connectivity index (χ4v) is 3.54. The first-order valence-corrected chi connectivity index (χ1v) is 7.78. The van der Waals surface area contributed by atoms with E-state index >= 15 is 0 Å². The summed E-state index contributed by atoms with van der Waals surface area (Å²) >= 11 is 6.31. The van der Waals surface area contributed by atoms with Crippen molar-refractivity contribution in [3.8, 4) is 0 Å². The van der Waals surface area contributed by atoms with Crippen LogP contribution in [0.2, 0.25) is 5.15 Å². The lowest BCUT2D eigenvalue weighted by Crippen LogP contribution is -2.20. The van der Waals surface area contributed by atoms with Gasteiger partial charge in [-0.3, -0.25) is 0 Å². The molecule has 1 aliphatic heterocycles. The van der Waals surface area contributed by atoms with E-state index in [1.807, 2.05) is 0 Å². The second kappa shape index (κ2) is 5.76. The largest absolute Gasteiger partial charge is 0.376 e. The standard InChI is InChI=1S/C15H21ClN2O/c1-2-10-4-3-5-11(8-10)15-17-13-6-7-19-9-12(13)14(16)18-15/h10-11H,2-9H2,1H3. The average Bonchev–Trinajstić information content (AvgIpc) is 2.47. The molecule has 0 aromatic carbocycles. The Balaban J connectivity index is 1.86. The number of nitrogens with zero attached hydrogens (tertiary/aromatic N) is 2. The highest BCUT2D eigenvalue weighted by atomic mass is 35.5. The molecule has 3 rings (SSSR count). The van der Waals surface area contributed by atoms with E-state index in [1.165, 1.54) is 32.1 Å². The summed E-state index contributed by atoms with van der Waals surface area (Å²) in [5.74, 6) is 2.31. The van der Waals surface area contributed by atoms with Crippen molar-refractivity contribution in [2.45, 2.75) is 58.0 Å². The molecule has 2 aliphatic rings. The molecule has 2 unspecified atom stereocenters. The van der Waals surface area contributed by atoms with Gasteiger partial charge in [0.1, 0.15) is 11.0 Å². The van der Waals surface area contributed by atoms with Crippen molar-refractivity contribution < 1.29 is 4.74 Å². The molecule has 3 nitrogen and oxygen atoms in total. The van der Waals surface area contributed by atoms with Gasteiger partial charge in [-0.05, 0) is 18.8 Å². The summed E-state index contributed by atoms with van der Waals surface area (Å²) in [6, 6.07) is 0. The first kappa shape index (κ1) is 13.3. The van der Waals surface area contributed by atoms with Gasteiger partial charge in [0.05, 0.1) is 18.9 Å². The molecular formula is C15H21ClN2O. The van der Waals surface area contributed by atoms with E-state index in [0.29, 0.717) is 17.7 Å². The summed E-state index contributed by atoms with van der Waals surface area (Å²) < 4.78 is 5.43. The molecule has 2 atom stereocenters. The second-order valence-corrected chi connectivity index (χ2v) is 6.10. The van der Waals surface area contributed by atoms with Crippen LogP contribution in [-0.2, 0) is 17.8 Å². The molecule has 0 amide bonds. The molecule has 1 aromatic heterocycles. The maximum Gasteiger partial charge on any atom is 0.138 e. The highest BCUT2D eigenvalue weighted by Crippen LogP contribution is 2.37. The summed E-state index contributed by atoms with van der Waals surface area (Å²) in [6.07, 6.45) is 7.23. The zero-order valence-electron chi connectivity index (χ0n) is 11.5. The fraction of sp³-hybridized carbons (Fsp3) is 0.733. The van der Waals surface area contributed by atoms with Crippen LogP contribution in [0, 0.1) is 5.92 Å². The summed E-state index contributed by atoms with van der Waals surface area (Å²) in [7, 11) is 0. The Kier molecular flexibility index (Phi) is 4.04. The average molecular weight is 281 g/mol. The van der Waals surface area contributed by atoms with Gasteiger partial charge in [-0.25, -0.2) is 9.97 Å². The summed E-state index contributed by atoms with van der Waals surface area (Å²) in [5, 5.41) is 0.610. The van der Waals surface area contributed by atoms with E-state index in [2.05, 4.69) is 11.9 Å². The number of hydrogen-bond donors (Lipinski definition) is 0. The Morgan fingerprint density at radius 1 is 1.32 bits per heavy atom. The van der Waals surface area contributed by atoms with Gasteiger partial charge in [-0.1, -0.05) is 37.8 Å². The van der Waals surface area contributed by atoms with Gasteiger partial charge in [-0.2, -0.15) is 0 Å². The molecule has 0 N–H and O–H groups in total. The summed E-state index contributed by atoms with van der Waals surface area (Å²) in [6.45, 7) is 3.60. The van der Waals surface area contributed by atoms with Crippen LogP contribution in [0.3, 0.4) is 0 Å². The molecule has 104 valence electrons. The van der Waals surface area contributed by atoms with E-state index < -0.39 is 0 Å². The van der Waals surface area contributed by atoms with E-state index in [0.717, 1.165) is 36.0 Å².